The van der Waals surface area contributed by atoms with Crippen LogP contribution in [-0.4, -0.2) is 21.1 Å². The number of para-hydroxylation sites is 1. The molecule has 5 heteroatoms. The first-order chi connectivity index (χ1) is 9.58. The van der Waals surface area contributed by atoms with Gasteiger partial charge in [-0.15, -0.1) is 0 Å². The number of ether oxygens (including phenoxy) is 1. The molecule has 0 saturated carbocycles. The Bertz CT molecular complexity index is 746. The number of allylic oxidation sites excluding steroid dienone is 1. The van der Waals surface area contributed by atoms with Gasteiger partial charge in [-0.1, -0.05) is 12.1 Å². The zero-order valence-electron chi connectivity index (χ0n) is 10.2. The van der Waals surface area contributed by atoms with E-state index in [0.717, 1.165) is 0 Å². The molecule has 0 aliphatic carbocycles. The molecule has 20 heavy (non-hydrogen) atoms. The highest BCUT2D eigenvalue weighted by molar-refractivity contribution is 6.14. The fraction of sp³-hybridized carbons (Fsp3) is 0. The van der Waals surface area contributed by atoms with E-state index in [-0.39, 0.29) is 17.1 Å². The largest absolute Gasteiger partial charge is 0.504 e. The Kier molecular flexibility index (Phi) is 2.61. The summed E-state index contributed by atoms with van der Waals surface area (Å²) in [5.41, 5.74) is 0.623. The second-order valence-corrected chi connectivity index (χ2v) is 4.31. The van der Waals surface area contributed by atoms with E-state index in [4.69, 9.17) is 4.74 Å². The highest BCUT2D eigenvalue weighted by Gasteiger charge is 2.27. The third kappa shape index (κ3) is 1.76. The number of phenols is 3. The number of rotatable bonds is 1. The van der Waals surface area contributed by atoms with Crippen LogP contribution in [-0.2, 0) is 0 Å². The van der Waals surface area contributed by atoms with E-state index in [9.17, 15) is 20.1 Å². The smallest absolute Gasteiger partial charge is 0.231 e. The van der Waals surface area contributed by atoms with Crippen LogP contribution in [0.2, 0.25) is 0 Å². The van der Waals surface area contributed by atoms with Gasteiger partial charge in [0.15, 0.2) is 17.3 Å². The molecule has 0 radical (unpaired) electrons. The maximum Gasteiger partial charge on any atom is 0.231 e. The van der Waals surface area contributed by atoms with E-state index in [1.807, 2.05) is 0 Å². The molecule has 0 bridgehead atoms. The van der Waals surface area contributed by atoms with Gasteiger partial charge in [0.05, 0.1) is 5.56 Å². The van der Waals surface area contributed by atoms with Gasteiger partial charge in [-0.2, -0.15) is 0 Å². The van der Waals surface area contributed by atoms with Crippen molar-refractivity contribution < 1.29 is 24.9 Å². The maximum atomic E-state index is 12.1. The second kappa shape index (κ2) is 4.31. The molecule has 1 aliphatic heterocycles. The Labute approximate surface area is 114 Å². The summed E-state index contributed by atoms with van der Waals surface area (Å²) in [7, 11) is 0. The molecule has 1 heterocycles. The minimum atomic E-state index is -0.637. The van der Waals surface area contributed by atoms with Crippen molar-refractivity contribution in [2.45, 2.75) is 0 Å². The molecular formula is C15H10O5. The van der Waals surface area contributed by atoms with E-state index in [2.05, 4.69) is 0 Å². The molecule has 0 spiro atoms. The lowest BCUT2D eigenvalue weighted by Crippen LogP contribution is -1.98. The first-order valence-corrected chi connectivity index (χ1v) is 5.85. The Morgan fingerprint density at radius 1 is 0.950 bits per heavy atom. The Morgan fingerprint density at radius 3 is 2.45 bits per heavy atom. The van der Waals surface area contributed by atoms with E-state index < -0.39 is 17.2 Å². The highest BCUT2D eigenvalue weighted by atomic mass is 16.5. The molecule has 5 nitrogen and oxygen atoms in total. The van der Waals surface area contributed by atoms with E-state index in [0.29, 0.717) is 11.3 Å². The fourth-order valence-electron chi connectivity index (χ4n) is 1.98. The molecular weight excluding hydrogens is 260 g/mol. The van der Waals surface area contributed by atoms with Crippen molar-refractivity contribution in [2.75, 3.05) is 0 Å². The predicted molar refractivity (Wildman–Crippen MR) is 70.8 cm³/mol. The van der Waals surface area contributed by atoms with Crippen LogP contribution in [0.1, 0.15) is 15.9 Å². The summed E-state index contributed by atoms with van der Waals surface area (Å²) < 4.78 is 5.40. The second-order valence-electron chi connectivity index (χ2n) is 4.31. The summed E-state index contributed by atoms with van der Waals surface area (Å²) in [5.74, 6) is -1.39. The normalized spacial score (nSPS) is 15.2. The summed E-state index contributed by atoms with van der Waals surface area (Å²) >= 11 is 0. The molecule has 3 rings (SSSR count). The quantitative estimate of drug-likeness (QED) is 0.547. The summed E-state index contributed by atoms with van der Waals surface area (Å²) in [6.07, 6.45) is 1.32. The number of carbonyl (C=O) groups excluding carboxylic acids is 1. The van der Waals surface area contributed by atoms with Crippen LogP contribution in [0.25, 0.3) is 6.08 Å². The van der Waals surface area contributed by atoms with E-state index >= 15 is 0 Å². The van der Waals surface area contributed by atoms with Crippen LogP contribution in [0.3, 0.4) is 0 Å². The lowest BCUT2D eigenvalue weighted by atomic mass is 10.1. The SMILES string of the molecule is O=C1/C(=C/c2ccc(O)c(O)c2O)Oc2ccccc21. The number of Topliss-reactive ketones (excluding diaryl/α,β-unsaturated/α-hetero) is 1. The summed E-state index contributed by atoms with van der Waals surface area (Å²) in [4.78, 5) is 12.1. The number of carbonyl (C=O) groups is 1. The minimum absolute atomic E-state index is 0.0478. The summed E-state index contributed by atoms with van der Waals surface area (Å²) in [6, 6.07) is 9.38. The van der Waals surface area contributed by atoms with Crippen molar-refractivity contribution in [3.8, 4) is 23.0 Å². The third-order valence-corrected chi connectivity index (χ3v) is 3.02. The molecule has 1 aliphatic rings. The van der Waals surface area contributed by atoms with Gasteiger partial charge >= 0.3 is 0 Å². The van der Waals surface area contributed by atoms with Gasteiger partial charge < -0.3 is 20.1 Å². The number of benzene rings is 2. The molecule has 2 aromatic rings. The first-order valence-electron chi connectivity index (χ1n) is 5.85. The van der Waals surface area contributed by atoms with Gasteiger partial charge in [-0.05, 0) is 30.3 Å². The monoisotopic (exact) mass is 270 g/mol. The van der Waals surface area contributed by atoms with Crippen LogP contribution in [0, 0.1) is 0 Å². The highest BCUT2D eigenvalue weighted by Crippen LogP contribution is 2.39. The molecule has 0 atom stereocenters. The molecule has 0 fully saturated rings. The van der Waals surface area contributed by atoms with Crippen molar-refractivity contribution in [1.29, 1.82) is 0 Å². The van der Waals surface area contributed by atoms with Crippen molar-refractivity contribution in [1.82, 2.24) is 0 Å². The van der Waals surface area contributed by atoms with Gasteiger partial charge in [0.25, 0.3) is 0 Å². The van der Waals surface area contributed by atoms with Crippen LogP contribution in [0.5, 0.6) is 23.0 Å². The lowest BCUT2D eigenvalue weighted by molar-refractivity contribution is 0.101. The minimum Gasteiger partial charge on any atom is -0.504 e. The summed E-state index contributed by atoms with van der Waals surface area (Å²) in [5, 5.41) is 28.4. The van der Waals surface area contributed by atoms with Crippen LogP contribution in [0.4, 0.5) is 0 Å². The first kappa shape index (κ1) is 12.1. The van der Waals surface area contributed by atoms with Crippen molar-refractivity contribution in [3.05, 3.63) is 53.3 Å². The fourth-order valence-corrected chi connectivity index (χ4v) is 1.98. The zero-order chi connectivity index (χ0) is 14.3. The van der Waals surface area contributed by atoms with Gasteiger partial charge in [-0.3, -0.25) is 4.79 Å². The number of hydrogen-bond donors (Lipinski definition) is 3. The van der Waals surface area contributed by atoms with Crippen LogP contribution in [0.15, 0.2) is 42.2 Å². The predicted octanol–water partition coefficient (Wildman–Crippen LogP) is 2.42. The molecule has 100 valence electrons. The van der Waals surface area contributed by atoms with Gasteiger partial charge in [0, 0.05) is 5.56 Å². The molecule has 3 N–H and O–H groups in total. The zero-order valence-corrected chi connectivity index (χ0v) is 10.2. The molecule has 0 aromatic heterocycles. The topological polar surface area (TPSA) is 87.0 Å². The van der Waals surface area contributed by atoms with Gasteiger partial charge in [0.2, 0.25) is 11.5 Å². The number of hydrogen-bond acceptors (Lipinski definition) is 5. The standard InChI is InChI=1S/C15H10O5/c16-10-6-5-8(13(17)15(10)19)7-12-14(18)9-3-1-2-4-11(9)20-12/h1-7,16-17,19H/b12-7-. The van der Waals surface area contributed by atoms with Crippen molar-refractivity contribution in [3.63, 3.8) is 0 Å². The number of phenolic OH excluding ortho intramolecular Hbond substituents is 3. The average Bonchev–Trinajstić information content (AvgIpc) is 2.77. The number of fused-ring (bicyclic) bond motifs is 1. The van der Waals surface area contributed by atoms with Crippen molar-refractivity contribution in [2.24, 2.45) is 0 Å². The molecule has 0 saturated heterocycles. The number of ketones is 1. The third-order valence-electron chi connectivity index (χ3n) is 3.02. The van der Waals surface area contributed by atoms with Crippen LogP contribution < -0.4 is 4.74 Å². The van der Waals surface area contributed by atoms with Crippen molar-refractivity contribution >= 4 is 11.9 Å². The lowest BCUT2D eigenvalue weighted by Gasteiger charge is -2.04. The Balaban J connectivity index is 2.04. The number of aromatic hydroxyl groups is 3. The maximum absolute atomic E-state index is 12.1. The van der Waals surface area contributed by atoms with E-state index in [1.165, 1.54) is 18.2 Å². The van der Waals surface area contributed by atoms with Crippen LogP contribution >= 0.6 is 0 Å². The average molecular weight is 270 g/mol. The summed E-state index contributed by atoms with van der Waals surface area (Å²) in [6.45, 7) is 0. The van der Waals surface area contributed by atoms with E-state index in [1.54, 1.807) is 24.3 Å². The Morgan fingerprint density at radius 2 is 1.70 bits per heavy atom. The Hall–Kier alpha value is -2.95. The molecule has 0 unspecified atom stereocenters. The van der Waals surface area contributed by atoms with Gasteiger partial charge in [0.1, 0.15) is 5.75 Å². The molecule has 2 aromatic carbocycles. The molecule has 0 amide bonds. The van der Waals surface area contributed by atoms with Gasteiger partial charge in [-0.25, -0.2) is 0 Å².